The molecule has 2 aromatic heterocycles. The zero-order valence-corrected chi connectivity index (χ0v) is 21.0. The molecule has 184 valence electrons. The van der Waals surface area contributed by atoms with Crippen molar-refractivity contribution in [3.63, 3.8) is 0 Å². The van der Waals surface area contributed by atoms with Crippen LogP contribution in [-0.4, -0.2) is 55.6 Å². The largest absolute Gasteiger partial charge is 0.611 e. The van der Waals surface area contributed by atoms with Gasteiger partial charge in [0, 0.05) is 31.0 Å². The summed E-state index contributed by atoms with van der Waals surface area (Å²) in [5.74, 6) is 3.83. The number of piperidine rings is 1. The van der Waals surface area contributed by atoms with Crippen molar-refractivity contribution >= 4 is 22.9 Å². The number of hydrogen-bond donors (Lipinski definition) is 2. The Morgan fingerprint density at radius 1 is 1.14 bits per heavy atom. The average molecular weight is 494 g/mol. The lowest BCUT2D eigenvalue weighted by molar-refractivity contribution is 0.265. The monoisotopic (exact) mass is 493 g/mol. The predicted molar refractivity (Wildman–Crippen MR) is 135 cm³/mol. The summed E-state index contributed by atoms with van der Waals surface area (Å²) < 4.78 is 18.9. The van der Waals surface area contributed by atoms with E-state index < -0.39 is 11.2 Å². The Bertz CT molecular complexity index is 1230. The topological polar surface area (TPSA) is 110 Å². The fourth-order valence-electron chi connectivity index (χ4n) is 5.03. The van der Waals surface area contributed by atoms with Gasteiger partial charge in [0.2, 0.25) is 10.8 Å². The smallest absolute Gasteiger partial charge is 0.227 e. The van der Waals surface area contributed by atoms with Gasteiger partial charge in [0.1, 0.15) is 11.4 Å². The van der Waals surface area contributed by atoms with Crippen molar-refractivity contribution in [3.8, 4) is 11.3 Å². The zero-order valence-electron chi connectivity index (χ0n) is 20.2. The minimum atomic E-state index is -1.09. The van der Waals surface area contributed by atoms with E-state index in [1.165, 1.54) is 5.56 Å². The molecule has 0 radical (unpaired) electrons. The van der Waals surface area contributed by atoms with E-state index in [-0.39, 0.29) is 18.1 Å². The molecule has 8 nitrogen and oxygen atoms in total. The highest BCUT2D eigenvalue weighted by atomic mass is 32.2. The van der Waals surface area contributed by atoms with Gasteiger partial charge >= 0.3 is 0 Å². The second-order valence-electron chi connectivity index (χ2n) is 10.1. The van der Waals surface area contributed by atoms with Crippen molar-refractivity contribution in [2.45, 2.75) is 62.3 Å². The van der Waals surface area contributed by atoms with Crippen LogP contribution >= 0.6 is 0 Å². The summed E-state index contributed by atoms with van der Waals surface area (Å²) in [5.41, 5.74) is 3.76. The number of aromatic nitrogens is 3. The normalized spacial score (nSPS) is 21.3. The third-order valence-corrected chi connectivity index (χ3v) is 8.93. The van der Waals surface area contributed by atoms with Gasteiger partial charge in [0.25, 0.3) is 0 Å². The number of nitrogens with one attached hydrogen (secondary N) is 1. The molecule has 3 aromatic rings. The molecule has 1 saturated carbocycles. The standard InChI is InChI=1S/C26H31N5O3S/c1-16-3-5-18(6-4-16)21-17(2)27-24(34-21)19-7-12-31(13-8-19)25-28-20-9-14-35(33)22(20)23(29-25)30-26(15-32)10-11-26/h3-6,19,32H,7-15H2,1-2H3,(H,28,29,30). The van der Waals surface area contributed by atoms with Gasteiger partial charge in [0.05, 0.1) is 17.8 Å². The fraction of sp³-hybridized carbons (Fsp3) is 0.500. The van der Waals surface area contributed by atoms with Crippen molar-refractivity contribution in [3.05, 3.63) is 47.1 Å². The van der Waals surface area contributed by atoms with E-state index in [4.69, 9.17) is 19.4 Å². The quantitative estimate of drug-likeness (QED) is 0.500. The number of rotatable bonds is 6. The van der Waals surface area contributed by atoms with E-state index in [1.54, 1.807) is 0 Å². The van der Waals surface area contributed by atoms with Crippen molar-refractivity contribution in [2.75, 3.05) is 35.7 Å². The van der Waals surface area contributed by atoms with E-state index in [2.05, 4.69) is 41.4 Å². The molecule has 2 fully saturated rings. The van der Waals surface area contributed by atoms with Gasteiger partial charge in [-0.1, -0.05) is 29.8 Å². The Hall–Kier alpha value is -2.62. The molecule has 2 N–H and O–H groups in total. The number of nitrogens with zero attached hydrogens (tertiary/aromatic N) is 4. The number of oxazole rings is 1. The van der Waals surface area contributed by atoms with Gasteiger partial charge in [-0.15, -0.1) is 0 Å². The minimum absolute atomic E-state index is 0.0548. The lowest BCUT2D eigenvalue weighted by Crippen LogP contribution is -2.35. The average Bonchev–Trinajstić information content (AvgIpc) is 3.38. The maximum atomic E-state index is 12.6. The van der Waals surface area contributed by atoms with Crippen LogP contribution in [0.5, 0.6) is 0 Å². The summed E-state index contributed by atoms with van der Waals surface area (Å²) in [7, 11) is 0. The Kier molecular flexibility index (Phi) is 5.74. The number of anilines is 2. The summed E-state index contributed by atoms with van der Waals surface area (Å²) in [4.78, 5) is 17.3. The summed E-state index contributed by atoms with van der Waals surface area (Å²) in [6.07, 6.45) is 4.31. The van der Waals surface area contributed by atoms with E-state index in [9.17, 15) is 9.66 Å². The molecule has 1 aliphatic carbocycles. The van der Waals surface area contributed by atoms with Crippen LogP contribution in [0.25, 0.3) is 11.3 Å². The molecule has 9 heteroatoms. The number of fused-ring (bicyclic) bond motifs is 1. The van der Waals surface area contributed by atoms with Gasteiger partial charge in [-0.2, -0.15) is 4.98 Å². The molecule has 0 spiro atoms. The number of hydrogen-bond acceptors (Lipinski definition) is 8. The number of aliphatic hydroxyl groups excluding tert-OH is 1. The van der Waals surface area contributed by atoms with Crippen molar-refractivity contribution in [2.24, 2.45) is 0 Å². The molecule has 0 amide bonds. The minimum Gasteiger partial charge on any atom is -0.611 e. The van der Waals surface area contributed by atoms with Crippen LogP contribution in [0.2, 0.25) is 0 Å². The molecule has 3 aliphatic rings. The highest BCUT2D eigenvalue weighted by molar-refractivity contribution is 7.91. The first-order chi connectivity index (χ1) is 16.9. The van der Waals surface area contributed by atoms with Crippen molar-refractivity contribution < 1.29 is 14.1 Å². The summed E-state index contributed by atoms with van der Waals surface area (Å²) >= 11 is -1.09. The van der Waals surface area contributed by atoms with Gasteiger partial charge < -0.3 is 24.3 Å². The van der Waals surface area contributed by atoms with Crippen LogP contribution in [0.15, 0.2) is 33.6 Å². The second-order valence-corrected chi connectivity index (χ2v) is 11.6. The summed E-state index contributed by atoms with van der Waals surface area (Å²) in [5, 5.41) is 13.2. The first kappa shape index (κ1) is 22.8. The lowest BCUT2D eigenvalue weighted by Gasteiger charge is -2.31. The Labute approximate surface area is 208 Å². The van der Waals surface area contributed by atoms with Crippen molar-refractivity contribution in [1.82, 2.24) is 15.0 Å². The van der Waals surface area contributed by atoms with Crippen LogP contribution in [0.4, 0.5) is 11.8 Å². The Morgan fingerprint density at radius 3 is 2.57 bits per heavy atom. The van der Waals surface area contributed by atoms with E-state index in [1.807, 2.05) is 6.92 Å². The third kappa shape index (κ3) is 4.30. The van der Waals surface area contributed by atoms with Crippen LogP contribution in [0, 0.1) is 13.8 Å². The third-order valence-electron chi connectivity index (χ3n) is 7.47. The molecule has 35 heavy (non-hydrogen) atoms. The number of aryl methyl sites for hydroxylation is 3. The Balaban J connectivity index is 1.19. The molecule has 1 saturated heterocycles. The molecule has 6 rings (SSSR count). The van der Waals surface area contributed by atoms with Crippen LogP contribution in [0.3, 0.4) is 0 Å². The van der Waals surface area contributed by atoms with E-state index >= 15 is 0 Å². The SMILES string of the molecule is Cc1ccc(-c2oc(C3CCN(c4nc5c(c(NC6(CO)CC6)n4)[S+]([O-])CC5)CC3)nc2C)cc1. The molecule has 1 atom stereocenters. The zero-order chi connectivity index (χ0) is 24.2. The van der Waals surface area contributed by atoms with Crippen LogP contribution < -0.4 is 10.2 Å². The molecule has 1 unspecified atom stereocenters. The maximum Gasteiger partial charge on any atom is 0.227 e. The first-order valence-corrected chi connectivity index (χ1v) is 13.7. The summed E-state index contributed by atoms with van der Waals surface area (Å²) in [6, 6.07) is 8.36. The van der Waals surface area contributed by atoms with Crippen LogP contribution in [-0.2, 0) is 17.6 Å². The molecule has 1 aromatic carbocycles. The number of benzene rings is 1. The maximum absolute atomic E-state index is 12.6. The summed E-state index contributed by atoms with van der Waals surface area (Å²) in [6.45, 7) is 5.75. The van der Waals surface area contributed by atoms with Gasteiger partial charge in [-0.3, -0.25) is 0 Å². The van der Waals surface area contributed by atoms with E-state index in [0.717, 1.165) is 72.3 Å². The molecule has 4 heterocycles. The first-order valence-electron chi connectivity index (χ1n) is 12.4. The highest BCUT2D eigenvalue weighted by Gasteiger charge is 2.45. The number of aliphatic hydroxyl groups is 1. The molecular weight excluding hydrogens is 462 g/mol. The van der Waals surface area contributed by atoms with Gasteiger partial charge in [0.15, 0.2) is 17.5 Å². The highest BCUT2D eigenvalue weighted by Crippen LogP contribution is 2.42. The van der Waals surface area contributed by atoms with Gasteiger partial charge in [-0.25, -0.2) is 9.97 Å². The lowest BCUT2D eigenvalue weighted by atomic mass is 9.97. The van der Waals surface area contributed by atoms with Gasteiger partial charge in [-0.05, 0) is 50.7 Å². The van der Waals surface area contributed by atoms with Crippen LogP contribution in [0.1, 0.15) is 54.4 Å². The second kappa shape index (κ2) is 8.80. The van der Waals surface area contributed by atoms with Crippen molar-refractivity contribution in [1.29, 1.82) is 0 Å². The predicted octanol–water partition coefficient (Wildman–Crippen LogP) is 3.73. The Morgan fingerprint density at radius 2 is 1.89 bits per heavy atom. The van der Waals surface area contributed by atoms with E-state index in [0.29, 0.717) is 23.9 Å². The molecule has 0 bridgehead atoms. The molecular formula is C26H31N5O3S. The molecule has 2 aliphatic heterocycles. The fourth-order valence-corrected chi connectivity index (χ4v) is 6.33.